The van der Waals surface area contributed by atoms with Crippen LogP contribution in [0.3, 0.4) is 0 Å². The van der Waals surface area contributed by atoms with Gasteiger partial charge >= 0.3 is 0 Å². The summed E-state index contributed by atoms with van der Waals surface area (Å²) < 4.78 is 0. The highest BCUT2D eigenvalue weighted by Gasteiger charge is 2.32. The minimum atomic E-state index is 0.835. The van der Waals surface area contributed by atoms with Crippen molar-refractivity contribution < 1.29 is 0 Å². The first-order valence-corrected chi connectivity index (χ1v) is 8.40. The molecule has 2 aliphatic carbocycles. The molecule has 2 aliphatic rings. The third-order valence-corrected chi connectivity index (χ3v) is 5.79. The van der Waals surface area contributed by atoms with E-state index in [0.29, 0.717) is 0 Å². The van der Waals surface area contributed by atoms with Crippen molar-refractivity contribution in [2.75, 3.05) is 6.54 Å². The first-order chi connectivity index (χ1) is 8.70. The van der Waals surface area contributed by atoms with Gasteiger partial charge in [-0.2, -0.15) is 0 Å². The van der Waals surface area contributed by atoms with Gasteiger partial charge in [0.05, 0.1) is 0 Å². The topological polar surface area (TPSA) is 26.0 Å². The molecule has 3 atom stereocenters. The second kappa shape index (κ2) is 6.93. The average molecular weight is 251 g/mol. The van der Waals surface area contributed by atoms with Crippen molar-refractivity contribution in [2.45, 2.75) is 71.6 Å². The molecule has 2 rings (SSSR count). The third kappa shape index (κ3) is 3.73. The van der Waals surface area contributed by atoms with Crippen LogP contribution in [-0.4, -0.2) is 6.54 Å². The van der Waals surface area contributed by atoms with Gasteiger partial charge in [-0.3, -0.25) is 0 Å². The van der Waals surface area contributed by atoms with E-state index in [1.54, 1.807) is 0 Å². The van der Waals surface area contributed by atoms with Gasteiger partial charge in [-0.25, -0.2) is 0 Å². The van der Waals surface area contributed by atoms with Crippen LogP contribution < -0.4 is 5.73 Å². The van der Waals surface area contributed by atoms with Crippen molar-refractivity contribution in [3.63, 3.8) is 0 Å². The fourth-order valence-corrected chi connectivity index (χ4v) is 4.42. The summed E-state index contributed by atoms with van der Waals surface area (Å²) in [6, 6.07) is 0. The molecule has 2 N–H and O–H groups in total. The van der Waals surface area contributed by atoms with Crippen LogP contribution in [0.5, 0.6) is 0 Å². The van der Waals surface area contributed by atoms with Gasteiger partial charge in [-0.15, -0.1) is 0 Å². The van der Waals surface area contributed by atoms with E-state index in [1.807, 2.05) is 0 Å². The molecule has 0 bridgehead atoms. The summed E-state index contributed by atoms with van der Waals surface area (Å²) in [5, 5.41) is 0. The van der Waals surface area contributed by atoms with Crippen LogP contribution in [0.2, 0.25) is 0 Å². The highest BCUT2D eigenvalue weighted by atomic mass is 14.6. The number of nitrogens with two attached hydrogens (primary N) is 1. The van der Waals surface area contributed by atoms with Gasteiger partial charge in [0.15, 0.2) is 0 Å². The van der Waals surface area contributed by atoms with Crippen LogP contribution in [0.1, 0.15) is 71.6 Å². The van der Waals surface area contributed by atoms with Gasteiger partial charge in [0.1, 0.15) is 0 Å². The van der Waals surface area contributed by atoms with Crippen LogP contribution in [-0.2, 0) is 0 Å². The summed E-state index contributed by atoms with van der Waals surface area (Å²) in [7, 11) is 0. The Bertz CT molecular complexity index is 230. The molecule has 0 radical (unpaired) electrons. The van der Waals surface area contributed by atoms with E-state index in [1.165, 1.54) is 57.8 Å². The first kappa shape index (κ1) is 14.4. The van der Waals surface area contributed by atoms with E-state index >= 15 is 0 Å². The Morgan fingerprint density at radius 2 is 1.67 bits per heavy atom. The summed E-state index contributed by atoms with van der Waals surface area (Å²) >= 11 is 0. The van der Waals surface area contributed by atoms with E-state index in [-0.39, 0.29) is 0 Å². The van der Waals surface area contributed by atoms with Crippen LogP contribution in [0.15, 0.2) is 0 Å². The fraction of sp³-hybridized carbons (Fsp3) is 1.00. The zero-order chi connectivity index (χ0) is 13.0. The number of rotatable bonds is 4. The SMILES string of the molecule is CC(C)C1CCC(CN)C(CC2CCCCC2)C1. The quantitative estimate of drug-likeness (QED) is 0.776. The minimum Gasteiger partial charge on any atom is -0.330 e. The zero-order valence-corrected chi connectivity index (χ0v) is 12.5. The highest BCUT2D eigenvalue weighted by Crippen LogP contribution is 2.42. The standard InChI is InChI=1S/C17H33N/c1-13(2)15-8-9-16(12-18)17(11-15)10-14-6-4-3-5-7-14/h13-17H,3-12,18H2,1-2H3. The van der Waals surface area contributed by atoms with Crippen molar-refractivity contribution in [1.29, 1.82) is 0 Å². The molecule has 1 nitrogen and oxygen atoms in total. The van der Waals surface area contributed by atoms with E-state index < -0.39 is 0 Å². The van der Waals surface area contributed by atoms with Gasteiger partial charge in [0, 0.05) is 0 Å². The molecule has 0 amide bonds. The summed E-state index contributed by atoms with van der Waals surface area (Å²) in [4.78, 5) is 0. The molecule has 2 fully saturated rings. The van der Waals surface area contributed by atoms with Crippen molar-refractivity contribution in [3.8, 4) is 0 Å². The smallest absolute Gasteiger partial charge is 0.00462 e. The molecule has 0 heterocycles. The van der Waals surface area contributed by atoms with E-state index in [0.717, 1.165) is 36.1 Å². The lowest BCUT2D eigenvalue weighted by Gasteiger charge is -2.39. The number of hydrogen-bond acceptors (Lipinski definition) is 1. The molecule has 106 valence electrons. The molecular formula is C17H33N. The third-order valence-electron chi connectivity index (χ3n) is 5.79. The molecule has 0 saturated heterocycles. The summed E-state index contributed by atoms with van der Waals surface area (Å²) in [6.07, 6.45) is 13.2. The van der Waals surface area contributed by atoms with E-state index in [4.69, 9.17) is 5.73 Å². The normalized spacial score (nSPS) is 35.0. The molecule has 0 aromatic heterocycles. The van der Waals surface area contributed by atoms with Crippen molar-refractivity contribution in [3.05, 3.63) is 0 Å². The maximum atomic E-state index is 6.02. The molecular weight excluding hydrogens is 218 g/mol. The average Bonchev–Trinajstić information content (AvgIpc) is 2.39. The molecule has 3 unspecified atom stereocenters. The predicted molar refractivity (Wildman–Crippen MR) is 79.4 cm³/mol. The fourth-order valence-electron chi connectivity index (χ4n) is 4.42. The second-order valence-electron chi connectivity index (χ2n) is 7.31. The second-order valence-corrected chi connectivity index (χ2v) is 7.31. The Morgan fingerprint density at radius 1 is 0.944 bits per heavy atom. The van der Waals surface area contributed by atoms with Crippen molar-refractivity contribution >= 4 is 0 Å². The summed E-state index contributed by atoms with van der Waals surface area (Å²) in [6.45, 7) is 5.75. The van der Waals surface area contributed by atoms with Gasteiger partial charge in [-0.05, 0) is 61.8 Å². The summed E-state index contributed by atoms with van der Waals surface area (Å²) in [5.74, 6) is 4.66. The maximum absolute atomic E-state index is 6.02. The van der Waals surface area contributed by atoms with Gasteiger partial charge < -0.3 is 5.73 Å². The van der Waals surface area contributed by atoms with Gasteiger partial charge in [0.2, 0.25) is 0 Å². The summed E-state index contributed by atoms with van der Waals surface area (Å²) in [5.41, 5.74) is 6.02. The van der Waals surface area contributed by atoms with Crippen LogP contribution >= 0.6 is 0 Å². The molecule has 0 spiro atoms. The molecule has 0 aliphatic heterocycles. The highest BCUT2D eigenvalue weighted by molar-refractivity contribution is 4.84. The molecule has 2 saturated carbocycles. The van der Waals surface area contributed by atoms with E-state index in [9.17, 15) is 0 Å². The predicted octanol–water partition coefficient (Wildman–Crippen LogP) is 4.60. The molecule has 0 aromatic rings. The van der Waals surface area contributed by atoms with Crippen molar-refractivity contribution in [2.24, 2.45) is 35.3 Å². The van der Waals surface area contributed by atoms with E-state index in [2.05, 4.69) is 13.8 Å². The minimum absolute atomic E-state index is 0.835. The molecule has 1 heteroatoms. The zero-order valence-electron chi connectivity index (χ0n) is 12.5. The van der Waals surface area contributed by atoms with Crippen LogP contribution in [0.4, 0.5) is 0 Å². The van der Waals surface area contributed by atoms with Gasteiger partial charge in [0.25, 0.3) is 0 Å². The molecule has 18 heavy (non-hydrogen) atoms. The Morgan fingerprint density at radius 3 is 2.28 bits per heavy atom. The van der Waals surface area contributed by atoms with Crippen molar-refractivity contribution in [1.82, 2.24) is 0 Å². The monoisotopic (exact) mass is 251 g/mol. The lowest BCUT2D eigenvalue weighted by atomic mass is 9.67. The lowest BCUT2D eigenvalue weighted by Crippen LogP contribution is -2.33. The Balaban J connectivity index is 1.88. The first-order valence-electron chi connectivity index (χ1n) is 8.40. The Kier molecular flexibility index (Phi) is 5.54. The van der Waals surface area contributed by atoms with Crippen LogP contribution in [0.25, 0.3) is 0 Å². The Labute approximate surface area is 114 Å². The maximum Gasteiger partial charge on any atom is -0.00462 e. The number of hydrogen-bond donors (Lipinski definition) is 1. The Hall–Kier alpha value is -0.0400. The largest absolute Gasteiger partial charge is 0.330 e. The van der Waals surface area contributed by atoms with Gasteiger partial charge in [-0.1, -0.05) is 46.0 Å². The van der Waals surface area contributed by atoms with Crippen LogP contribution in [0, 0.1) is 29.6 Å². The lowest BCUT2D eigenvalue weighted by molar-refractivity contribution is 0.120. The molecule has 0 aromatic carbocycles.